The lowest BCUT2D eigenvalue weighted by atomic mass is 9.97. The predicted octanol–water partition coefficient (Wildman–Crippen LogP) is 2.30. The maximum Gasteiger partial charge on any atom is 0.330 e. The molecule has 10 heteroatoms. The first kappa shape index (κ1) is 25.6. The molecule has 9 nitrogen and oxygen atoms in total. The lowest BCUT2D eigenvalue weighted by molar-refractivity contribution is 0.342. The quantitative estimate of drug-likeness (QED) is 0.491. The van der Waals surface area contributed by atoms with Gasteiger partial charge in [-0.3, -0.25) is 9.13 Å². The largest absolute Gasteiger partial charge is 0.330 e. The highest BCUT2D eigenvalue weighted by atomic mass is 32.2. The predicted molar refractivity (Wildman–Crippen MR) is 134 cm³/mol. The summed E-state index contributed by atoms with van der Waals surface area (Å²) in [7, 11) is 1.46. The summed E-state index contributed by atoms with van der Waals surface area (Å²) in [5.74, 6) is 0.000935. The summed E-state index contributed by atoms with van der Waals surface area (Å²) in [5.41, 5.74) is 3.77. The van der Waals surface area contributed by atoms with E-state index >= 15 is 0 Å². The summed E-state index contributed by atoms with van der Waals surface area (Å²) in [6, 6.07) is 11.4. The molecule has 1 N–H and O–H groups in total. The van der Waals surface area contributed by atoms with Gasteiger partial charge in [-0.25, -0.2) is 22.5 Å². The fraction of sp³-hybridized carbons (Fsp3) is 0.458. The molecule has 0 aliphatic heterocycles. The third kappa shape index (κ3) is 5.55. The third-order valence-electron chi connectivity index (χ3n) is 5.52. The number of hydrogen-bond donors (Lipinski definition) is 1. The van der Waals surface area contributed by atoms with Gasteiger partial charge >= 0.3 is 5.69 Å². The molecule has 0 amide bonds. The Hall–Kier alpha value is -3.00. The molecule has 0 saturated heterocycles. The van der Waals surface area contributed by atoms with Crippen LogP contribution in [0.1, 0.15) is 31.9 Å². The molecule has 0 bridgehead atoms. The molecule has 3 rings (SSSR count). The number of aromatic nitrogens is 3. The number of aryl methyl sites for hydroxylation is 1. The van der Waals surface area contributed by atoms with E-state index in [2.05, 4.69) is 32.2 Å². The molecule has 34 heavy (non-hydrogen) atoms. The van der Waals surface area contributed by atoms with Crippen molar-refractivity contribution in [1.82, 2.24) is 23.7 Å². The van der Waals surface area contributed by atoms with E-state index in [1.165, 1.54) is 23.0 Å². The minimum Gasteiger partial charge on any atom is -0.312 e. The van der Waals surface area contributed by atoms with E-state index in [4.69, 9.17) is 4.98 Å². The minimum absolute atomic E-state index is 0.000935. The number of nitrogens with zero attached hydrogens (tertiary/aromatic N) is 5. The molecule has 0 saturated carbocycles. The molecule has 0 radical (unpaired) electrons. The van der Waals surface area contributed by atoms with E-state index in [1.807, 2.05) is 24.3 Å². The maximum absolute atomic E-state index is 12.8. The molecule has 0 aliphatic rings. The van der Waals surface area contributed by atoms with Crippen molar-refractivity contribution in [3.63, 3.8) is 0 Å². The molecule has 2 heterocycles. The van der Waals surface area contributed by atoms with Gasteiger partial charge in [-0.15, -0.1) is 0 Å². The lowest BCUT2D eigenvalue weighted by Crippen LogP contribution is -2.31. The van der Waals surface area contributed by atoms with Gasteiger partial charge in [-0.05, 0) is 35.2 Å². The second kappa shape index (κ2) is 9.70. The Balaban J connectivity index is 1.91. The maximum atomic E-state index is 12.8. The third-order valence-corrected chi connectivity index (χ3v) is 7.35. The van der Waals surface area contributed by atoms with Gasteiger partial charge in [0.1, 0.15) is 0 Å². The molecule has 3 aromatic rings. The second-order valence-electron chi connectivity index (χ2n) is 9.79. The van der Waals surface area contributed by atoms with Crippen molar-refractivity contribution in [3.8, 4) is 17.3 Å². The summed E-state index contributed by atoms with van der Waals surface area (Å²) in [5, 5.41) is 12.8. The minimum atomic E-state index is -3.26. The number of imidazole rings is 1. The molecule has 0 unspecified atom stereocenters. The van der Waals surface area contributed by atoms with Gasteiger partial charge in [-0.1, -0.05) is 26.8 Å². The molecule has 0 aliphatic carbocycles. The Bertz CT molecular complexity index is 1410. The number of pyridine rings is 1. The van der Waals surface area contributed by atoms with E-state index in [9.17, 15) is 18.5 Å². The Morgan fingerprint density at radius 2 is 1.88 bits per heavy atom. The first-order chi connectivity index (χ1) is 15.8. The van der Waals surface area contributed by atoms with Gasteiger partial charge in [0.25, 0.3) is 0 Å². The standard InChI is InChI=1S/C24H32N6O3S/c1-24(2,3)16-30-21-10-9-20(27-22(21)29(6)23(30)31)19-13-17(7-8-18(19)14-25)15-26-11-12-34(32,33)28(4)5/h7-10,13,26H,11-12,15-16H2,1-6H3. The van der Waals surface area contributed by atoms with E-state index in [1.54, 1.807) is 17.7 Å². The summed E-state index contributed by atoms with van der Waals surface area (Å²) >= 11 is 0. The zero-order valence-electron chi connectivity index (χ0n) is 20.6. The van der Waals surface area contributed by atoms with Crippen LogP contribution in [0.5, 0.6) is 0 Å². The van der Waals surface area contributed by atoms with Crippen LogP contribution in [0.2, 0.25) is 0 Å². The van der Waals surface area contributed by atoms with Gasteiger partial charge in [0.15, 0.2) is 5.65 Å². The van der Waals surface area contributed by atoms with Crippen LogP contribution in [0, 0.1) is 16.7 Å². The molecule has 1 aromatic carbocycles. The van der Waals surface area contributed by atoms with Crippen molar-refractivity contribution in [2.24, 2.45) is 12.5 Å². The zero-order chi connectivity index (χ0) is 25.3. The Morgan fingerprint density at radius 3 is 2.50 bits per heavy atom. The number of fused-ring (bicyclic) bond motifs is 1. The highest BCUT2D eigenvalue weighted by molar-refractivity contribution is 7.89. The molecular weight excluding hydrogens is 452 g/mol. The summed E-state index contributed by atoms with van der Waals surface area (Å²) in [6.45, 7) is 7.56. The number of nitriles is 1. The Kier molecular flexibility index (Phi) is 7.31. The fourth-order valence-corrected chi connectivity index (χ4v) is 4.45. The van der Waals surface area contributed by atoms with Crippen LogP contribution < -0.4 is 11.0 Å². The Labute approximate surface area is 200 Å². The first-order valence-electron chi connectivity index (χ1n) is 11.0. The number of benzene rings is 1. The number of hydrogen-bond acceptors (Lipinski definition) is 6. The second-order valence-corrected chi connectivity index (χ2v) is 12.1. The van der Waals surface area contributed by atoms with Crippen LogP contribution in [0.15, 0.2) is 35.1 Å². The molecule has 182 valence electrons. The van der Waals surface area contributed by atoms with Crippen LogP contribution in [0.4, 0.5) is 0 Å². The number of nitrogens with one attached hydrogen (secondary N) is 1. The Morgan fingerprint density at radius 1 is 1.18 bits per heavy atom. The van der Waals surface area contributed by atoms with E-state index < -0.39 is 10.0 Å². The van der Waals surface area contributed by atoms with Crippen LogP contribution >= 0.6 is 0 Å². The van der Waals surface area contributed by atoms with Crippen LogP contribution in [0.25, 0.3) is 22.4 Å². The van der Waals surface area contributed by atoms with Gasteiger partial charge in [0, 0.05) is 46.3 Å². The SMILES string of the molecule is CN(C)S(=O)(=O)CCNCc1ccc(C#N)c(-c2ccc3c(n2)n(C)c(=O)n3CC(C)(C)C)c1. The highest BCUT2D eigenvalue weighted by Gasteiger charge is 2.19. The van der Waals surface area contributed by atoms with Crippen LogP contribution in [0.3, 0.4) is 0 Å². The molecule has 0 atom stereocenters. The van der Waals surface area contributed by atoms with Crippen molar-refractivity contribution in [3.05, 3.63) is 51.9 Å². The highest BCUT2D eigenvalue weighted by Crippen LogP contribution is 2.26. The summed E-state index contributed by atoms with van der Waals surface area (Å²) in [6.07, 6.45) is 0. The fourth-order valence-electron chi connectivity index (χ4n) is 3.68. The van der Waals surface area contributed by atoms with Crippen molar-refractivity contribution < 1.29 is 8.42 Å². The average Bonchev–Trinajstić information content (AvgIpc) is 2.99. The molecule has 2 aromatic heterocycles. The van der Waals surface area contributed by atoms with Crippen LogP contribution in [-0.4, -0.2) is 53.2 Å². The average molecular weight is 485 g/mol. The van der Waals surface area contributed by atoms with Crippen LogP contribution in [-0.2, 0) is 30.2 Å². The number of rotatable bonds is 8. The van der Waals surface area contributed by atoms with Crippen molar-refractivity contribution >= 4 is 21.2 Å². The van der Waals surface area contributed by atoms with Crippen molar-refractivity contribution in [1.29, 1.82) is 5.26 Å². The van der Waals surface area contributed by atoms with Crippen molar-refractivity contribution in [2.75, 3.05) is 26.4 Å². The normalized spacial score (nSPS) is 12.4. The summed E-state index contributed by atoms with van der Waals surface area (Å²) < 4.78 is 28.3. The van der Waals surface area contributed by atoms with E-state index in [0.717, 1.165) is 11.1 Å². The van der Waals surface area contributed by atoms with E-state index in [-0.39, 0.29) is 16.9 Å². The molecule has 0 fully saturated rings. The molecular formula is C24H32N6O3S. The van der Waals surface area contributed by atoms with Gasteiger partial charge < -0.3 is 5.32 Å². The molecule has 0 spiro atoms. The first-order valence-corrected chi connectivity index (χ1v) is 12.7. The smallest absolute Gasteiger partial charge is 0.312 e. The van der Waals surface area contributed by atoms with Gasteiger partial charge in [0.2, 0.25) is 10.0 Å². The monoisotopic (exact) mass is 484 g/mol. The van der Waals surface area contributed by atoms with E-state index in [0.29, 0.717) is 42.1 Å². The van der Waals surface area contributed by atoms with Gasteiger partial charge in [-0.2, -0.15) is 5.26 Å². The van der Waals surface area contributed by atoms with Crippen molar-refractivity contribution in [2.45, 2.75) is 33.9 Å². The van der Waals surface area contributed by atoms with Gasteiger partial charge in [0.05, 0.1) is 28.6 Å². The zero-order valence-corrected chi connectivity index (χ0v) is 21.4. The topological polar surface area (TPSA) is 113 Å². The number of sulfonamides is 1. The summed E-state index contributed by atoms with van der Waals surface area (Å²) in [4.78, 5) is 17.6. The lowest BCUT2D eigenvalue weighted by Gasteiger charge is -2.18.